The van der Waals surface area contributed by atoms with Gasteiger partial charge in [0.25, 0.3) is 0 Å². The van der Waals surface area contributed by atoms with E-state index in [0.29, 0.717) is 0 Å². The van der Waals surface area contributed by atoms with Crippen molar-refractivity contribution in [3.8, 4) is 0 Å². The van der Waals surface area contributed by atoms with Crippen LogP contribution in [0.15, 0.2) is 0 Å². The second-order valence-corrected chi connectivity index (χ2v) is 5.63. The van der Waals surface area contributed by atoms with Crippen molar-refractivity contribution in [3.05, 3.63) is 0 Å². The van der Waals surface area contributed by atoms with E-state index in [1.165, 1.54) is 64.7 Å². The Bertz CT molecular complexity index is 178. The molecule has 1 unspecified atom stereocenters. The number of hydrogen-bond acceptors (Lipinski definition) is 2. The first-order valence-electron chi connectivity index (χ1n) is 7.72. The molecule has 1 fully saturated rings. The Labute approximate surface area is 108 Å². The minimum atomic E-state index is 0.768. The summed E-state index contributed by atoms with van der Waals surface area (Å²) in [6.07, 6.45) is 8.33. The van der Waals surface area contributed by atoms with E-state index in [1.807, 2.05) is 0 Å². The molecule has 0 aromatic carbocycles. The maximum atomic E-state index is 3.49. The van der Waals surface area contributed by atoms with Crippen molar-refractivity contribution in [2.45, 2.75) is 65.3 Å². The third-order valence-electron chi connectivity index (χ3n) is 4.15. The fourth-order valence-electron chi connectivity index (χ4n) is 2.63. The van der Waals surface area contributed by atoms with Crippen molar-refractivity contribution in [3.63, 3.8) is 0 Å². The SMILES string of the molecule is CCCNCCCC(C)N(CC)CC1CCC1. The van der Waals surface area contributed by atoms with Crippen LogP contribution >= 0.6 is 0 Å². The zero-order chi connectivity index (χ0) is 12.5. The first-order chi connectivity index (χ1) is 8.27. The lowest BCUT2D eigenvalue weighted by Gasteiger charge is -2.35. The molecule has 0 radical (unpaired) electrons. The van der Waals surface area contributed by atoms with Gasteiger partial charge >= 0.3 is 0 Å². The topological polar surface area (TPSA) is 15.3 Å². The summed E-state index contributed by atoms with van der Waals surface area (Å²) in [5.41, 5.74) is 0. The zero-order valence-corrected chi connectivity index (χ0v) is 12.2. The van der Waals surface area contributed by atoms with Crippen LogP contribution in [0.1, 0.15) is 59.3 Å². The molecule has 17 heavy (non-hydrogen) atoms. The molecule has 0 spiro atoms. The Kier molecular flexibility index (Phi) is 7.87. The zero-order valence-electron chi connectivity index (χ0n) is 12.2. The van der Waals surface area contributed by atoms with E-state index < -0.39 is 0 Å². The van der Waals surface area contributed by atoms with Gasteiger partial charge < -0.3 is 10.2 Å². The van der Waals surface area contributed by atoms with Gasteiger partial charge in [0.2, 0.25) is 0 Å². The Morgan fingerprint density at radius 3 is 2.53 bits per heavy atom. The lowest BCUT2D eigenvalue weighted by atomic mass is 9.85. The third kappa shape index (κ3) is 5.87. The van der Waals surface area contributed by atoms with E-state index in [2.05, 4.69) is 31.0 Å². The molecule has 0 heterocycles. The summed E-state index contributed by atoms with van der Waals surface area (Å²) in [4.78, 5) is 2.68. The third-order valence-corrected chi connectivity index (χ3v) is 4.15. The molecular formula is C15H32N2. The van der Waals surface area contributed by atoms with Gasteiger partial charge in [0.15, 0.2) is 0 Å². The minimum absolute atomic E-state index is 0.768. The summed E-state index contributed by atoms with van der Waals surface area (Å²) in [5.74, 6) is 1.01. The highest BCUT2D eigenvalue weighted by Gasteiger charge is 2.22. The van der Waals surface area contributed by atoms with E-state index in [9.17, 15) is 0 Å². The van der Waals surface area contributed by atoms with Gasteiger partial charge in [0, 0.05) is 12.6 Å². The molecule has 0 aromatic rings. The van der Waals surface area contributed by atoms with Crippen LogP contribution in [0.25, 0.3) is 0 Å². The van der Waals surface area contributed by atoms with Gasteiger partial charge in [-0.15, -0.1) is 0 Å². The smallest absolute Gasteiger partial charge is 0.00674 e. The van der Waals surface area contributed by atoms with Gasteiger partial charge in [-0.3, -0.25) is 0 Å². The van der Waals surface area contributed by atoms with E-state index in [1.54, 1.807) is 0 Å². The van der Waals surface area contributed by atoms with Gasteiger partial charge in [-0.2, -0.15) is 0 Å². The first-order valence-corrected chi connectivity index (χ1v) is 7.72. The van der Waals surface area contributed by atoms with Crippen LogP contribution in [0.4, 0.5) is 0 Å². The monoisotopic (exact) mass is 240 g/mol. The Balaban J connectivity index is 2.07. The highest BCUT2D eigenvalue weighted by molar-refractivity contribution is 4.76. The summed E-state index contributed by atoms with van der Waals surface area (Å²) in [7, 11) is 0. The molecular weight excluding hydrogens is 208 g/mol. The quantitative estimate of drug-likeness (QED) is 0.590. The van der Waals surface area contributed by atoms with Crippen LogP contribution in [0.2, 0.25) is 0 Å². The molecule has 102 valence electrons. The van der Waals surface area contributed by atoms with Crippen LogP contribution in [0.5, 0.6) is 0 Å². The van der Waals surface area contributed by atoms with Crippen molar-refractivity contribution >= 4 is 0 Å². The maximum absolute atomic E-state index is 3.49. The van der Waals surface area contributed by atoms with E-state index in [4.69, 9.17) is 0 Å². The van der Waals surface area contributed by atoms with Gasteiger partial charge in [-0.25, -0.2) is 0 Å². The molecule has 0 saturated heterocycles. The maximum Gasteiger partial charge on any atom is 0.00674 e. The molecule has 2 nitrogen and oxygen atoms in total. The standard InChI is InChI=1S/C15H32N2/c1-4-11-16-12-7-8-14(3)17(5-2)13-15-9-6-10-15/h14-16H,4-13H2,1-3H3. The number of hydrogen-bond donors (Lipinski definition) is 1. The lowest BCUT2D eigenvalue weighted by molar-refractivity contribution is 0.140. The van der Waals surface area contributed by atoms with E-state index in [-0.39, 0.29) is 0 Å². The molecule has 0 aromatic heterocycles. The normalized spacial score (nSPS) is 18.4. The van der Waals surface area contributed by atoms with Gasteiger partial charge in [0.1, 0.15) is 0 Å². The Morgan fingerprint density at radius 1 is 1.24 bits per heavy atom. The molecule has 1 N–H and O–H groups in total. The molecule has 0 amide bonds. The average molecular weight is 240 g/mol. The summed E-state index contributed by atoms with van der Waals surface area (Å²) in [6.45, 7) is 11.9. The minimum Gasteiger partial charge on any atom is -0.317 e. The highest BCUT2D eigenvalue weighted by atomic mass is 15.1. The Morgan fingerprint density at radius 2 is 2.00 bits per heavy atom. The molecule has 2 heteroatoms. The van der Waals surface area contributed by atoms with Crippen molar-refractivity contribution in [2.24, 2.45) is 5.92 Å². The summed E-state index contributed by atoms with van der Waals surface area (Å²) in [6, 6.07) is 0.768. The van der Waals surface area contributed by atoms with Crippen molar-refractivity contribution in [2.75, 3.05) is 26.2 Å². The van der Waals surface area contributed by atoms with Crippen LogP contribution in [-0.4, -0.2) is 37.1 Å². The predicted molar refractivity (Wildman–Crippen MR) is 76.4 cm³/mol. The highest BCUT2D eigenvalue weighted by Crippen LogP contribution is 2.27. The molecule has 0 bridgehead atoms. The van der Waals surface area contributed by atoms with Gasteiger partial charge in [0.05, 0.1) is 0 Å². The molecule has 1 atom stereocenters. The van der Waals surface area contributed by atoms with Crippen LogP contribution < -0.4 is 5.32 Å². The number of rotatable bonds is 10. The second-order valence-electron chi connectivity index (χ2n) is 5.63. The molecule has 0 aliphatic heterocycles. The summed E-state index contributed by atoms with van der Waals surface area (Å²) in [5, 5.41) is 3.49. The summed E-state index contributed by atoms with van der Waals surface area (Å²) < 4.78 is 0. The summed E-state index contributed by atoms with van der Waals surface area (Å²) >= 11 is 0. The molecule has 1 rings (SSSR count). The lowest BCUT2D eigenvalue weighted by Crippen LogP contribution is -2.39. The van der Waals surface area contributed by atoms with E-state index >= 15 is 0 Å². The first kappa shape index (κ1) is 15.0. The number of nitrogens with one attached hydrogen (secondary N) is 1. The fourth-order valence-corrected chi connectivity index (χ4v) is 2.63. The van der Waals surface area contributed by atoms with Gasteiger partial charge in [-0.05, 0) is 64.6 Å². The number of nitrogens with zero attached hydrogens (tertiary/aromatic N) is 1. The molecule has 1 aliphatic carbocycles. The van der Waals surface area contributed by atoms with Crippen molar-refractivity contribution in [1.82, 2.24) is 10.2 Å². The van der Waals surface area contributed by atoms with Crippen LogP contribution in [0, 0.1) is 5.92 Å². The van der Waals surface area contributed by atoms with Crippen molar-refractivity contribution < 1.29 is 0 Å². The molecule has 1 aliphatic rings. The van der Waals surface area contributed by atoms with Crippen molar-refractivity contribution in [1.29, 1.82) is 0 Å². The van der Waals surface area contributed by atoms with Crippen LogP contribution in [0.3, 0.4) is 0 Å². The van der Waals surface area contributed by atoms with E-state index in [0.717, 1.165) is 12.0 Å². The van der Waals surface area contributed by atoms with Gasteiger partial charge in [-0.1, -0.05) is 20.3 Å². The fraction of sp³-hybridized carbons (Fsp3) is 1.00. The molecule has 1 saturated carbocycles. The predicted octanol–water partition coefficient (Wildman–Crippen LogP) is 3.28. The Hall–Kier alpha value is -0.0800. The largest absolute Gasteiger partial charge is 0.317 e. The second kappa shape index (κ2) is 8.93. The van der Waals surface area contributed by atoms with Crippen LogP contribution in [-0.2, 0) is 0 Å². The average Bonchev–Trinajstić information content (AvgIpc) is 2.27.